The van der Waals surface area contributed by atoms with Gasteiger partial charge in [-0.2, -0.15) is 0 Å². The van der Waals surface area contributed by atoms with Gasteiger partial charge < -0.3 is 10.1 Å². The van der Waals surface area contributed by atoms with Crippen LogP contribution in [0.3, 0.4) is 0 Å². The smallest absolute Gasteiger partial charge is 0.338 e. The van der Waals surface area contributed by atoms with Crippen molar-refractivity contribution in [2.75, 3.05) is 11.9 Å². The molecule has 1 amide bonds. The Balaban J connectivity index is 1.57. The minimum Gasteiger partial charge on any atom is -0.452 e. The van der Waals surface area contributed by atoms with Crippen LogP contribution >= 0.6 is 0 Å². The fourth-order valence-corrected chi connectivity index (χ4v) is 2.43. The van der Waals surface area contributed by atoms with Gasteiger partial charge in [0.1, 0.15) is 6.33 Å². The highest BCUT2D eigenvalue weighted by atomic mass is 16.5. The highest BCUT2D eigenvalue weighted by molar-refractivity contribution is 5.96. The SMILES string of the molecule is Cc1cccc(C)c1NC(=O)COC(=O)c1ccc(-n2cnnn2)cc1. The summed E-state index contributed by atoms with van der Waals surface area (Å²) in [5.41, 5.74) is 3.67. The highest BCUT2D eigenvalue weighted by Crippen LogP contribution is 2.19. The Labute approximate surface area is 149 Å². The Kier molecular flexibility index (Phi) is 5.02. The maximum Gasteiger partial charge on any atom is 0.338 e. The van der Waals surface area contributed by atoms with E-state index in [1.807, 2.05) is 32.0 Å². The minimum absolute atomic E-state index is 0.335. The number of nitrogens with one attached hydrogen (secondary N) is 1. The van der Waals surface area contributed by atoms with E-state index in [0.29, 0.717) is 11.3 Å². The van der Waals surface area contributed by atoms with E-state index >= 15 is 0 Å². The molecule has 1 heterocycles. The normalized spacial score (nSPS) is 10.4. The van der Waals surface area contributed by atoms with Crippen LogP contribution in [0.1, 0.15) is 21.5 Å². The van der Waals surface area contributed by atoms with E-state index in [1.165, 1.54) is 11.0 Å². The highest BCUT2D eigenvalue weighted by Gasteiger charge is 2.12. The van der Waals surface area contributed by atoms with Crippen molar-refractivity contribution in [3.8, 4) is 5.69 Å². The second-order valence-corrected chi connectivity index (χ2v) is 5.69. The minimum atomic E-state index is -0.579. The van der Waals surface area contributed by atoms with Crippen molar-refractivity contribution >= 4 is 17.6 Å². The predicted molar refractivity (Wildman–Crippen MR) is 94.0 cm³/mol. The Bertz CT molecular complexity index is 900. The number of aryl methyl sites for hydroxylation is 2. The molecule has 0 fully saturated rings. The Morgan fingerprint density at radius 2 is 1.77 bits per heavy atom. The van der Waals surface area contributed by atoms with Crippen LogP contribution in [0.2, 0.25) is 0 Å². The second-order valence-electron chi connectivity index (χ2n) is 5.69. The molecule has 0 radical (unpaired) electrons. The topological polar surface area (TPSA) is 99.0 Å². The van der Waals surface area contributed by atoms with Crippen molar-refractivity contribution in [3.05, 3.63) is 65.5 Å². The monoisotopic (exact) mass is 351 g/mol. The van der Waals surface area contributed by atoms with Crippen LogP contribution < -0.4 is 5.32 Å². The molecule has 0 saturated carbocycles. The average Bonchev–Trinajstić information content (AvgIpc) is 3.18. The summed E-state index contributed by atoms with van der Waals surface area (Å²) in [6, 6.07) is 12.3. The van der Waals surface area contributed by atoms with Gasteiger partial charge >= 0.3 is 5.97 Å². The lowest BCUT2D eigenvalue weighted by molar-refractivity contribution is -0.119. The largest absolute Gasteiger partial charge is 0.452 e. The number of anilines is 1. The molecule has 26 heavy (non-hydrogen) atoms. The molecule has 3 aromatic rings. The molecule has 1 N–H and O–H groups in total. The number of carbonyl (C=O) groups is 2. The van der Waals surface area contributed by atoms with Crippen molar-refractivity contribution in [1.29, 1.82) is 0 Å². The number of tetrazole rings is 1. The molecular formula is C18H17N5O3. The standard InChI is InChI=1S/C18H17N5O3/c1-12-4-3-5-13(2)17(12)20-16(24)10-26-18(25)14-6-8-15(9-7-14)23-11-19-21-22-23/h3-9,11H,10H2,1-2H3,(H,20,24). The summed E-state index contributed by atoms with van der Waals surface area (Å²) in [7, 11) is 0. The molecule has 0 aliphatic heterocycles. The summed E-state index contributed by atoms with van der Waals surface area (Å²) < 4.78 is 6.54. The fourth-order valence-electron chi connectivity index (χ4n) is 2.43. The zero-order valence-electron chi connectivity index (χ0n) is 14.3. The van der Waals surface area contributed by atoms with Gasteiger partial charge in [-0.25, -0.2) is 9.48 Å². The van der Waals surface area contributed by atoms with Crippen LogP contribution in [-0.2, 0) is 9.53 Å². The van der Waals surface area contributed by atoms with Crippen molar-refractivity contribution in [3.63, 3.8) is 0 Å². The summed E-state index contributed by atoms with van der Waals surface area (Å²) >= 11 is 0. The molecule has 0 bridgehead atoms. The zero-order chi connectivity index (χ0) is 18.5. The molecule has 0 saturated heterocycles. The molecule has 0 spiro atoms. The molecule has 0 aliphatic rings. The lowest BCUT2D eigenvalue weighted by Gasteiger charge is -2.11. The molecule has 2 aromatic carbocycles. The van der Waals surface area contributed by atoms with Crippen molar-refractivity contribution < 1.29 is 14.3 Å². The molecule has 0 aliphatic carbocycles. The number of nitrogens with zero attached hydrogens (tertiary/aromatic N) is 4. The molecule has 8 nitrogen and oxygen atoms in total. The zero-order valence-corrected chi connectivity index (χ0v) is 14.3. The third-order valence-electron chi connectivity index (χ3n) is 3.80. The Morgan fingerprint density at radius 3 is 2.38 bits per heavy atom. The van der Waals surface area contributed by atoms with Gasteiger partial charge in [0.15, 0.2) is 6.61 Å². The van der Waals surface area contributed by atoms with E-state index in [2.05, 4.69) is 20.8 Å². The molecular weight excluding hydrogens is 334 g/mol. The summed E-state index contributed by atoms with van der Waals surface area (Å²) in [4.78, 5) is 24.1. The summed E-state index contributed by atoms with van der Waals surface area (Å²) in [6.07, 6.45) is 1.45. The van der Waals surface area contributed by atoms with Crippen LogP contribution in [-0.4, -0.2) is 38.7 Å². The molecule has 1 aromatic heterocycles. The number of ether oxygens (including phenoxy) is 1. The number of esters is 1. The number of carbonyl (C=O) groups excluding carboxylic acids is 2. The molecule has 8 heteroatoms. The quantitative estimate of drug-likeness (QED) is 0.707. The van der Waals surface area contributed by atoms with Crippen LogP contribution in [0.5, 0.6) is 0 Å². The first-order chi connectivity index (χ1) is 12.5. The fraction of sp³-hybridized carbons (Fsp3) is 0.167. The number of para-hydroxylation sites is 1. The second kappa shape index (κ2) is 7.56. The van der Waals surface area contributed by atoms with Gasteiger partial charge in [0.2, 0.25) is 0 Å². The number of benzene rings is 2. The Morgan fingerprint density at radius 1 is 1.08 bits per heavy atom. The van der Waals surface area contributed by atoms with E-state index in [0.717, 1.165) is 16.8 Å². The average molecular weight is 351 g/mol. The predicted octanol–water partition coefficient (Wildman–Crippen LogP) is 2.07. The van der Waals surface area contributed by atoms with Gasteiger partial charge in [-0.3, -0.25) is 4.79 Å². The van der Waals surface area contributed by atoms with Crippen LogP contribution in [0.25, 0.3) is 5.69 Å². The van der Waals surface area contributed by atoms with E-state index in [9.17, 15) is 9.59 Å². The van der Waals surface area contributed by atoms with Crippen LogP contribution in [0.15, 0.2) is 48.8 Å². The van der Waals surface area contributed by atoms with Crippen molar-refractivity contribution in [2.24, 2.45) is 0 Å². The number of rotatable bonds is 5. The first-order valence-electron chi connectivity index (χ1n) is 7.91. The van der Waals surface area contributed by atoms with Gasteiger partial charge in [0.05, 0.1) is 11.3 Å². The van der Waals surface area contributed by atoms with Gasteiger partial charge in [-0.05, 0) is 59.7 Å². The molecule has 3 rings (SSSR count). The number of hydrogen-bond acceptors (Lipinski definition) is 6. The first kappa shape index (κ1) is 17.3. The number of hydrogen-bond donors (Lipinski definition) is 1. The lowest BCUT2D eigenvalue weighted by atomic mass is 10.1. The van der Waals surface area contributed by atoms with Gasteiger partial charge in [-0.15, -0.1) is 5.10 Å². The molecule has 0 atom stereocenters. The Hall–Kier alpha value is -3.55. The maximum atomic E-state index is 12.1. The van der Waals surface area contributed by atoms with E-state index in [4.69, 9.17) is 4.74 Å². The van der Waals surface area contributed by atoms with Gasteiger partial charge in [0, 0.05) is 5.69 Å². The first-order valence-corrected chi connectivity index (χ1v) is 7.91. The third kappa shape index (κ3) is 3.92. The van der Waals surface area contributed by atoms with Gasteiger partial charge in [0.25, 0.3) is 5.91 Å². The summed E-state index contributed by atoms with van der Waals surface area (Å²) in [5, 5.41) is 13.6. The summed E-state index contributed by atoms with van der Waals surface area (Å²) in [6.45, 7) is 3.45. The molecule has 132 valence electrons. The number of aromatic nitrogens is 4. The third-order valence-corrected chi connectivity index (χ3v) is 3.80. The summed E-state index contributed by atoms with van der Waals surface area (Å²) in [5.74, 6) is -0.967. The van der Waals surface area contributed by atoms with E-state index < -0.39 is 5.97 Å². The van der Waals surface area contributed by atoms with Crippen molar-refractivity contribution in [2.45, 2.75) is 13.8 Å². The van der Waals surface area contributed by atoms with Crippen molar-refractivity contribution in [1.82, 2.24) is 20.2 Å². The number of amides is 1. The van der Waals surface area contributed by atoms with Gasteiger partial charge in [-0.1, -0.05) is 18.2 Å². The lowest BCUT2D eigenvalue weighted by Crippen LogP contribution is -2.21. The van der Waals surface area contributed by atoms with E-state index in [-0.39, 0.29) is 12.5 Å². The molecule has 0 unspecified atom stereocenters. The van der Waals surface area contributed by atoms with E-state index in [1.54, 1.807) is 24.3 Å². The van der Waals surface area contributed by atoms with Crippen LogP contribution in [0, 0.1) is 13.8 Å². The maximum absolute atomic E-state index is 12.1. The van der Waals surface area contributed by atoms with Crippen LogP contribution in [0.4, 0.5) is 5.69 Å².